The summed E-state index contributed by atoms with van der Waals surface area (Å²) in [5.74, 6) is 0.914. The summed E-state index contributed by atoms with van der Waals surface area (Å²) in [6.07, 6.45) is 2.82. The summed E-state index contributed by atoms with van der Waals surface area (Å²) in [7, 11) is 2.00. The van der Waals surface area contributed by atoms with Crippen LogP contribution in [-0.4, -0.2) is 7.05 Å². The van der Waals surface area contributed by atoms with Crippen molar-refractivity contribution in [2.24, 2.45) is 0 Å². The zero-order valence-corrected chi connectivity index (χ0v) is 7.58. The smallest absolute Gasteiger partial charge is 0.0296 e. The minimum atomic E-state index is 0.914. The summed E-state index contributed by atoms with van der Waals surface area (Å²) < 4.78 is 0. The summed E-state index contributed by atoms with van der Waals surface area (Å²) in [5, 5.41) is 5.48. The summed E-state index contributed by atoms with van der Waals surface area (Å²) >= 11 is 1.88. The first-order valence-corrected chi connectivity index (χ1v) is 5.00. The third-order valence-electron chi connectivity index (χ3n) is 2.07. The molecule has 1 saturated carbocycles. The minimum Gasteiger partial charge on any atom is -0.315 e. The van der Waals surface area contributed by atoms with Gasteiger partial charge >= 0.3 is 0 Å². The molecule has 0 atom stereocenters. The number of nitrogens with one attached hydrogen (secondary N) is 1. The van der Waals surface area contributed by atoms with E-state index in [0.29, 0.717) is 0 Å². The highest BCUT2D eigenvalue weighted by molar-refractivity contribution is 7.10. The van der Waals surface area contributed by atoms with Gasteiger partial charge < -0.3 is 5.32 Å². The molecule has 1 aromatic heterocycles. The normalized spacial score (nSPS) is 17.2. The largest absolute Gasteiger partial charge is 0.315 e. The third kappa shape index (κ3) is 1.63. The highest BCUT2D eigenvalue weighted by Crippen LogP contribution is 2.41. The van der Waals surface area contributed by atoms with E-state index in [-0.39, 0.29) is 0 Å². The van der Waals surface area contributed by atoms with Gasteiger partial charge in [-0.3, -0.25) is 0 Å². The van der Waals surface area contributed by atoms with Gasteiger partial charge in [-0.1, -0.05) is 0 Å². The van der Waals surface area contributed by atoms with Crippen molar-refractivity contribution in [1.82, 2.24) is 5.32 Å². The summed E-state index contributed by atoms with van der Waals surface area (Å²) in [6, 6.07) is 2.35. The van der Waals surface area contributed by atoms with Gasteiger partial charge in [-0.15, -0.1) is 11.3 Å². The molecule has 2 rings (SSSR count). The average Bonchev–Trinajstić information content (AvgIpc) is 2.75. The van der Waals surface area contributed by atoms with Crippen LogP contribution in [0.1, 0.15) is 29.2 Å². The molecule has 1 aliphatic rings. The molecule has 1 aliphatic carbocycles. The molecule has 0 bridgehead atoms. The molecule has 0 aliphatic heterocycles. The van der Waals surface area contributed by atoms with E-state index < -0.39 is 0 Å². The predicted octanol–water partition coefficient (Wildman–Crippen LogP) is 2.34. The van der Waals surface area contributed by atoms with E-state index in [4.69, 9.17) is 0 Å². The Morgan fingerprint density at radius 1 is 1.64 bits per heavy atom. The second-order valence-corrected chi connectivity index (χ2v) is 4.15. The molecule has 1 nitrogen and oxygen atoms in total. The average molecular weight is 167 g/mol. The van der Waals surface area contributed by atoms with Gasteiger partial charge in [-0.05, 0) is 42.8 Å². The van der Waals surface area contributed by atoms with Crippen molar-refractivity contribution in [3.05, 3.63) is 21.9 Å². The van der Waals surface area contributed by atoms with Crippen LogP contribution in [0.4, 0.5) is 0 Å². The number of rotatable bonds is 3. The molecule has 0 amide bonds. The molecule has 0 saturated heterocycles. The van der Waals surface area contributed by atoms with E-state index in [1.807, 2.05) is 18.4 Å². The van der Waals surface area contributed by atoms with Crippen LogP contribution in [0.15, 0.2) is 11.4 Å². The fourth-order valence-electron chi connectivity index (χ4n) is 1.30. The maximum Gasteiger partial charge on any atom is 0.0296 e. The molecule has 0 radical (unpaired) electrons. The number of thiophene rings is 1. The lowest BCUT2D eigenvalue weighted by Gasteiger charge is -1.91. The zero-order valence-electron chi connectivity index (χ0n) is 6.76. The number of hydrogen-bond donors (Lipinski definition) is 1. The van der Waals surface area contributed by atoms with Crippen LogP contribution >= 0.6 is 11.3 Å². The molecule has 1 aromatic rings. The molecule has 0 unspecified atom stereocenters. The Labute approximate surface area is 71.4 Å². The van der Waals surface area contributed by atoms with Crippen molar-refractivity contribution in [3.63, 3.8) is 0 Å². The Morgan fingerprint density at radius 3 is 3.09 bits per heavy atom. The Balaban J connectivity index is 2.06. The monoisotopic (exact) mass is 167 g/mol. The van der Waals surface area contributed by atoms with E-state index in [1.165, 1.54) is 17.7 Å². The summed E-state index contributed by atoms with van der Waals surface area (Å²) in [5.41, 5.74) is 1.57. The maximum atomic E-state index is 3.17. The third-order valence-corrected chi connectivity index (χ3v) is 3.03. The Bertz CT molecular complexity index is 237. The standard InChI is InChI=1S/C9H13NS/c1-10-5-9-4-8(6-11-9)7-2-3-7/h4,6-7,10H,2-3,5H2,1H3. The van der Waals surface area contributed by atoms with Crippen molar-refractivity contribution in [2.75, 3.05) is 7.05 Å². The van der Waals surface area contributed by atoms with Crippen LogP contribution < -0.4 is 5.32 Å². The van der Waals surface area contributed by atoms with Gasteiger partial charge in [0.15, 0.2) is 0 Å². The van der Waals surface area contributed by atoms with Gasteiger partial charge in [0, 0.05) is 11.4 Å². The molecule has 2 heteroatoms. The Hall–Kier alpha value is -0.340. The van der Waals surface area contributed by atoms with Crippen molar-refractivity contribution < 1.29 is 0 Å². The molecular formula is C9H13NS. The van der Waals surface area contributed by atoms with E-state index in [2.05, 4.69) is 16.8 Å². The van der Waals surface area contributed by atoms with Gasteiger partial charge in [-0.25, -0.2) is 0 Å². The molecule has 0 aromatic carbocycles. The lowest BCUT2D eigenvalue weighted by molar-refractivity contribution is 0.830. The van der Waals surface area contributed by atoms with Crippen LogP contribution in [0.2, 0.25) is 0 Å². The van der Waals surface area contributed by atoms with Crippen molar-refractivity contribution >= 4 is 11.3 Å². The summed E-state index contributed by atoms with van der Waals surface area (Å²) in [6.45, 7) is 1.03. The maximum absolute atomic E-state index is 3.17. The number of hydrogen-bond acceptors (Lipinski definition) is 2. The first-order valence-electron chi connectivity index (χ1n) is 4.12. The topological polar surface area (TPSA) is 12.0 Å². The lowest BCUT2D eigenvalue weighted by atomic mass is 10.2. The van der Waals surface area contributed by atoms with E-state index in [9.17, 15) is 0 Å². The van der Waals surface area contributed by atoms with Gasteiger partial charge in [-0.2, -0.15) is 0 Å². The second-order valence-electron chi connectivity index (χ2n) is 3.15. The van der Waals surface area contributed by atoms with E-state index >= 15 is 0 Å². The van der Waals surface area contributed by atoms with Gasteiger partial charge in [0.2, 0.25) is 0 Å². The SMILES string of the molecule is CNCc1cc(C2CC2)cs1. The van der Waals surface area contributed by atoms with Gasteiger partial charge in [0.1, 0.15) is 0 Å². The Kier molecular flexibility index (Phi) is 1.96. The van der Waals surface area contributed by atoms with E-state index in [0.717, 1.165) is 12.5 Å². The van der Waals surface area contributed by atoms with Crippen LogP contribution in [0, 0.1) is 0 Å². The van der Waals surface area contributed by atoms with Crippen LogP contribution in [0.5, 0.6) is 0 Å². The fraction of sp³-hybridized carbons (Fsp3) is 0.556. The molecule has 11 heavy (non-hydrogen) atoms. The lowest BCUT2D eigenvalue weighted by Crippen LogP contribution is -2.02. The van der Waals surface area contributed by atoms with Crippen LogP contribution in [0.25, 0.3) is 0 Å². The van der Waals surface area contributed by atoms with Crippen molar-refractivity contribution in [1.29, 1.82) is 0 Å². The summed E-state index contributed by atoms with van der Waals surface area (Å²) in [4.78, 5) is 1.47. The first-order chi connectivity index (χ1) is 5.40. The highest BCUT2D eigenvalue weighted by Gasteiger charge is 2.24. The molecule has 60 valence electrons. The quantitative estimate of drug-likeness (QED) is 0.728. The second kappa shape index (κ2) is 2.95. The minimum absolute atomic E-state index is 0.914. The van der Waals surface area contributed by atoms with Crippen LogP contribution in [0.3, 0.4) is 0 Å². The van der Waals surface area contributed by atoms with Gasteiger partial charge in [0.05, 0.1) is 0 Å². The molecule has 0 spiro atoms. The van der Waals surface area contributed by atoms with Crippen LogP contribution in [-0.2, 0) is 6.54 Å². The fourth-order valence-corrected chi connectivity index (χ4v) is 2.28. The Morgan fingerprint density at radius 2 is 2.45 bits per heavy atom. The molecule has 1 N–H and O–H groups in total. The van der Waals surface area contributed by atoms with E-state index in [1.54, 1.807) is 5.56 Å². The van der Waals surface area contributed by atoms with Gasteiger partial charge in [0.25, 0.3) is 0 Å². The zero-order chi connectivity index (χ0) is 7.68. The molecule has 1 heterocycles. The van der Waals surface area contributed by atoms with Crippen molar-refractivity contribution in [3.8, 4) is 0 Å². The highest BCUT2D eigenvalue weighted by atomic mass is 32.1. The molecule has 1 fully saturated rings. The first kappa shape index (κ1) is 7.32. The predicted molar refractivity (Wildman–Crippen MR) is 49.1 cm³/mol. The van der Waals surface area contributed by atoms with Crippen molar-refractivity contribution in [2.45, 2.75) is 25.3 Å². The molecular weight excluding hydrogens is 154 g/mol.